The van der Waals surface area contributed by atoms with Gasteiger partial charge in [-0.1, -0.05) is 57.0 Å². The number of carbonyl (C=O) groups excluding carboxylic acids is 2. The van der Waals surface area contributed by atoms with E-state index < -0.39 is 12.0 Å². The first kappa shape index (κ1) is 20.9. The molecule has 0 aliphatic heterocycles. The number of hydrogen-bond donors (Lipinski definition) is 2. The number of aryl methyl sites for hydroxylation is 1. The molecule has 0 radical (unpaired) electrons. The quantitative estimate of drug-likeness (QED) is 0.684. The van der Waals surface area contributed by atoms with Crippen LogP contribution in [0.4, 0.5) is 0 Å². The maximum Gasteiger partial charge on any atom is 0.328 e. The van der Waals surface area contributed by atoms with E-state index >= 15 is 0 Å². The number of carboxylic acids is 1. The van der Waals surface area contributed by atoms with Gasteiger partial charge in [0.15, 0.2) is 6.04 Å². The van der Waals surface area contributed by atoms with Crippen LogP contribution in [0.2, 0.25) is 0 Å². The maximum atomic E-state index is 12.9. The minimum absolute atomic E-state index is 0.0891. The lowest BCUT2D eigenvalue weighted by atomic mass is 10.0. The number of nitrogens with zero attached hydrogens (tertiary/aromatic N) is 1. The molecule has 1 aromatic rings. The summed E-state index contributed by atoms with van der Waals surface area (Å²) in [7, 11) is 0. The maximum absolute atomic E-state index is 12.9. The van der Waals surface area contributed by atoms with Gasteiger partial charge >= 0.3 is 5.97 Å². The van der Waals surface area contributed by atoms with Crippen molar-refractivity contribution in [2.75, 3.05) is 0 Å². The van der Waals surface area contributed by atoms with E-state index in [4.69, 9.17) is 0 Å². The second-order valence-electron chi connectivity index (χ2n) is 7.69. The summed E-state index contributed by atoms with van der Waals surface area (Å²) < 4.78 is 0. The summed E-state index contributed by atoms with van der Waals surface area (Å²) in [5.41, 5.74) is 3.64. The Labute approximate surface area is 160 Å². The number of rotatable bonds is 8. The standard InChI is InChI=1S/C21H30N2O4/c1-15(2)14-18(21(26)27)23(20(25)17-10-6-7-11-17)22-19(24)13-12-16-8-4-3-5-9-16/h3-5,8-9,15,17-18H,6-7,10-14H2,1-2H3,(H,22,24)(H,26,27)/t18-/m0/s1. The molecule has 0 bridgehead atoms. The molecule has 1 aliphatic rings. The Morgan fingerprint density at radius 1 is 1.15 bits per heavy atom. The van der Waals surface area contributed by atoms with Gasteiger partial charge < -0.3 is 5.11 Å². The van der Waals surface area contributed by atoms with E-state index in [1.807, 2.05) is 44.2 Å². The highest BCUT2D eigenvalue weighted by atomic mass is 16.4. The Hall–Kier alpha value is -2.37. The van der Waals surface area contributed by atoms with Gasteiger partial charge in [-0.3, -0.25) is 15.0 Å². The molecule has 0 saturated heterocycles. The fourth-order valence-electron chi connectivity index (χ4n) is 3.51. The Morgan fingerprint density at radius 3 is 2.33 bits per heavy atom. The summed E-state index contributed by atoms with van der Waals surface area (Å²) >= 11 is 0. The van der Waals surface area contributed by atoms with Gasteiger partial charge in [0.1, 0.15) is 0 Å². The van der Waals surface area contributed by atoms with Crippen LogP contribution >= 0.6 is 0 Å². The van der Waals surface area contributed by atoms with Crippen molar-refractivity contribution >= 4 is 17.8 Å². The average molecular weight is 374 g/mol. The molecule has 148 valence electrons. The van der Waals surface area contributed by atoms with E-state index in [2.05, 4.69) is 5.43 Å². The Balaban J connectivity index is 2.08. The van der Waals surface area contributed by atoms with Crippen LogP contribution in [-0.2, 0) is 20.8 Å². The molecule has 1 aromatic carbocycles. The van der Waals surface area contributed by atoms with Crippen LogP contribution in [0.5, 0.6) is 0 Å². The third-order valence-corrected chi connectivity index (χ3v) is 4.96. The van der Waals surface area contributed by atoms with E-state index in [-0.39, 0.29) is 30.1 Å². The predicted molar refractivity (Wildman–Crippen MR) is 103 cm³/mol. The van der Waals surface area contributed by atoms with Crippen LogP contribution < -0.4 is 5.43 Å². The molecule has 6 nitrogen and oxygen atoms in total. The molecule has 2 N–H and O–H groups in total. The highest BCUT2D eigenvalue weighted by Crippen LogP contribution is 2.27. The zero-order valence-corrected chi connectivity index (χ0v) is 16.2. The Kier molecular flexibility index (Phi) is 7.82. The number of carboxylic acid groups (broad SMARTS) is 1. The molecule has 2 rings (SSSR count). The first-order valence-electron chi connectivity index (χ1n) is 9.77. The molecule has 0 unspecified atom stereocenters. The normalized spacial score (nSPS) is 15.5. The second-order valence-corrected chi connectivity index (χ2v) is 7.69. The van der Waals surface area contributed by atoms with Gasteiger partial charge in [0.05, 0.1) is 0 Å². The predicted octanol–water partition coefficient (Wildman–Crippen LogP) is 3.17. The minimum Gasteiger partial charge on any atom is -0.480 e. The van der Waals surface area contributed by atoms with Gasteiger partial charge in [-0.2, -0.15) is 0 Å². The van der Waals surface area contributed by atoms with Crippen LogP contribution in [0.3, 0.4) is 0 Å². The number of nitrogens with one attached hydrogen (secondary N) is 1. The van der Waals surface area contributed by atoms with E-state index in [9.17, 15) is 19.5 Å². The molecule has 27 heavy (non-hydrogen) atoms. The van der Waals surface area contributed by atoms with E-state index in [1.54, 1.807) is 0 Å². The molecular formula is C21H30N2O4. The molecule has 0 spiro atoms. The third kappa shape index (κ3) is 6.38. The van der Waals surface area contributed by atoms with Gasteiger partial charge in [-0.05, 0) is 37.2 Å². The number of benzene rings is 1. The highest BCUT2D eigenvalue weighted by molar-refractivity contribution is 5.88. The molecule has 1 saturated carbocycles. The monoisotopic (exact) mass is 374 g/mol. The number of carbonyl (C=O) groups is 3. The van der Waals surface area contributed by atoms with Crippen LogP contribution in [0.25, 0.3) is 0 Å². The van der Waals surface area contributed by atoms with Crippen molar-refractivity contribution < 1.29 is 19.5 Å². The van der Waals surface area contributed by atoms with Gasteiger partial charge in [0.2, 0.25) is 11.8 Å². The Bertz CT molecular complexity index is 639. The first-order valence-corrected chi connectivity index (χ1v) is 9.77. The van der Waals surface area contributed by atoms with Crippen molar-refractivity contribution in [2.45, 2.75) is 64.8 Å². The smallest absolute Gasteiger partial charge is 0.328 e. The fraction of sp³-hybridized carbons (Fsp3) is 0.571. The van der Waals surface area contributed by atoms with Gasteiger partial charge in [0, 0.05) is 12.3 Å². The van der Waals surface area contributed by atoms with Crippen molar-refractivity contribution in [1.82, 2.24) is 10.4 Å². The molecule has 1 atom stereocenters. The van der Waals surface area contributed by atoms with Gasteiger partial charge in [-0.25, -0.2) is 9.80 Å². The molecule has 0 heterocycles. The fourth-order valence-corrected chi connectivity index (χ4v) is 3.51. The summed E-state index contributed by atoms with van der Waals surface area (Å²) in [6.45, 7) is 3.82. The van der Waals surface area contributed by atoms with Crippen LogP contribution in [-0.4, -0.2) is 33.9 Å². The van der Waals surface area contributed by atoms with Crippen molar-refractivity contribution in [3.8, 4) is 0 Å². The topological polar surface area (TPSA) is 86.7 Å². The minimum atomic E-state index is -1.08. The average Bonchev–Trinajstić information content (AvgIpc) is 3.17. The van der Waals surface area contributed by atoms with Crippen molar-refractivity contribution in [3.05, 3.63) is 35.9 Å². The summed E-state index contributed by atoms with van der Waals surface area (Å²) in [5, 5.41) is 10.8. The number of hydrazine groups is 1. The molecule has 0 aromatic heterocycles. The number of aliphatic carboxylic acids is 1. The van der Waals surface area contributed by atoms with Crippen molar-refractivity contribution in [1.29, 1.82) is 0 Å². The lowest BCUT2D eigenvalue weighted by Gasteiger charge is -2.32. The van der Waals surface area contributed by atoms with Gasteiger partial charge in [0.25, 0.3) is 0 Å². The highest BCUT2D eigenvalue weighted by Gasteiger charge is 2.36. The molecular weight excluding hydrogens is 344 g/mol. The van der Waals surface area contributed by atoms with Crippen LogP contribution in [0.15, 0.2) is 30.3 Å². The first-order chi connectivity index (χ1) is 12.9. The largest absolute Gasteiger partial charge is 0.480 e. The lowest BCUT2D eigenvalue weighted by molar-refractivity contribution is -0.159. The molecule has 2 amide bonds. The number of hydrogen-bond acceptors (Lipinski definition) is 3. The van der Waals surface area contributed by atoms with E-state index in [1.165, 1.54) is 0 Å². The third-order valence-electron chi connectivity index (χ3n) is 4.96. The second kappa shape index (κ2) is 10.1. The molecule has 1 aliphatic carbocycles. The van der Waals surface area contributed by atoms with Gasteiger partial charge in [-0.15, -0.1) is 0 Å². The summed E-state index contributed by atoms with van der Waals surface area (Å²) in [6, 6.07) is 8.56. The van der Waals surface area contributed by atoms with Crippen molar-refractivity contribution in [2.24, 2.45) is 11.8 Å². The summed E-state index contributed by atoms with van der Waals surface area (Å²) in [6.07, 6.45) is 4.48. The van der Waals surface area contributed by atoms with Crippen LogP contribution in [0.1, 0.15) is 57.9 Å². The van der Waals surface area contributed by atoms with E-state index in [0.717, 1.165) is 36.3 Å². The summed E-state index contributed by atoms with van der Waals surface area (Å²) in [5.74, 6) is -1.80. The molecule has 6 heteroatoms. The van der Waals surface area contributed by atoms with E-state index in [0.29, 0.717) is 12.8 Å². The lowest BCUT2D eigenvalue weighted by Crippen LogP contribution is -2.56. The number of amides is 2. The SMILES string of the molecule is CC(C)C[C@@H](C(=O)O)N(NC(=O)CCc1ccccc1)C(=O)C1CCCC1. The summed E-state index contributed by atoms with van der Waals surface area (Å²) in [4.78, 5) is 37.2. The zero-order valence-electron chi connectivity index (χ0n) is 16.2. The Morgan fingerprint density at radius 2 is 1.78 bits per heavy atom. The zero-order chi connectivity index (χ0) is 19.8. The molecule has 1 fully saturated rings. The van der Waals surface area contributed by atoms with Crippen LogP contribution in [0, 0.1) is 11.8 Å². The van der Waals surface area contributed by atoms with Crippen molar-refractivity contribution in [3.63, 3.8) is 0 Å².